The zero-order valence-corrected chi connectivity index (χ0v) is 12.7. The summed E-state index contributed by atoms with van der Waals surface area (Å²) in [5.74, 6) is -2.08. The number of nitrogens with zero attached hydrogens (tertiary/aromatic N) is 2. The van der Waals surface area contributed by atoms with Gasteiger partial charge in [0, 0.05) is 39.2 Å². The van der Waals surface area contributed by atoms with Crippen molar-refractivity contribution in [3.8, 4) is 0 Å². The molecule has 6 heteroatoms. The van der Waals surface area contributed by atoms with E-state index in [-0.39, 0.29) is 5.91 Å². The third-order valence-corrected chi connectivity index (χ3v) is 4.04. The monoisotopic (exact) mass is 286 g/mol. The standard InChI is InChI=1S/C14H26N2O4/c1-11(12(2)14(18)19)13(17)16-6-4-5-15(7-8-16)9-10-20-3/h11-12H,4-10H2,1-3H3,(H,18,19). The van der Waals surface area contributed by atoms with Gasteiger partial charge in [0.05, 0.1) is 12.5 Å². The van der Waals surface area contributed by atoms with Gasteiger partial charge in [0.25, 0.3) is 0 Å². The molecule has 1 N–H and O–H groups in total. The number of hydrogen-bond donors (Lipinski definition) is 1. The van der Waals surface area contributed by atoms with Crippen molar-refractivity contribution in [1.29, 1.82) is 0 Å². The molecule has 1 rings (SSSR count). The first-order valence-electron chi connectivity index (χ1n) is 7.20. The Morgan fingerprint density at radius 1 is 1.15 bits per heavy atom. The topological polar surface area (TPSA) is 70.1 Å². The number of carboxylic acid groups (broad SMARTS) is 1. The van der Waals surface area contributed by atoms with E-state index in [2.05, 4.69) is 4.90 Å². The summed E-state index contributed by atoms with van der Waals surface area (Å²) in [6.07, 6.45) is 0.920. The van der Waals surface area contributed by atoms with E-state index in [1.807, 2.05) is 0 Å². The molecule has 20 heavy (non-hydrogen) atoms. The summed E-state index contributed by atoms with van der Waals surface area (Å²) in [6.45, 7) is 8.01. The maximum atomic E-state index is 12.3. The molecule has 0 aromatic rings. The second-order valence-electron chi connectivity index (χ2n) is 5.43. The van der Waals surface area contributed by atoms with E-state index in [9.17, 15) is 9.59 Å². The largest absolute Gasteiger partial charge is 0.481 e. The number of carbonyl (C=O) groups is 2. The summed E-state index contributed by atoms with van der Waals surface area (Å²) < 4.78 is 5.07. The third kappa shape index (κ3) is 4.76. The first kappa shape index (κ1) is 16.9. The minimum atomic E-state index is -0.914. The Labute approximate surface area is 120 Å². The van der Waals surface area contributed by atoms with E-state index in [0.717, 1.165) is 26.1 Å². The molecular formula is C14H26N2O4. The van der Waals surface area contributed by atoms with Gasteiger partial charge in [0.15, 0.2) is 0 Å². The highest BCUT2D eigenvalue weighted by Gasteiger charge is 2.30. The fourth-order valence-corrected chi connectivity index (χ4v) is 2.35. The number of methoxy groups -OCH3 is 1. The molecule has 0 bridgehead atoms. The molecule has 6 nitrogen and oxygen atoms in total. The molecule has 2 unspecified atom stereocenters. The van der Waals surface area contributed by atoms with Crippen LogP contribution in [0, 0.1) is 11.8 Å². The van der Waals surface area contributed by atoms with Gasteiger partial charge in [-0.1, -0.05) is 13.8 Å². The maximum absolute atomic E-state index is 12.3. The van der Waals surface area contributed by atoms with Crippen LogP contribution >= 0.6 is 0 Å². The van der Waals surface area contributed by atoms with E-state index in [4.69, 9.17) is 9.84 Å². The first-order valence-corrected chi connectivity index (χ1v) is 7.20. The van der Waals surface area contributed by atoms with E-state index < -0.39 is 17.8 Å². The van der Waals surface area contributed by atoms with Crippen molar-refractivity contribution in [3.63, 3.8) is 0 Å². The van der Waals surface area contributed by atoms with Crippen LogP contribution in [-0.2, 0) is 14.3 Å². The molecule has 1 aliphatic rings. The predicted octanol–water partition coefficient (Wildman–Crippen LogP) is 0.524. The Morgan fingerprint density at radius 2 is 1.85 bits per heavy atom. The average molecular weight is 286 g/mol. The number of carbonyl (C=O) groups excluding carboxylic acids is 1. The number of hydrogen-bond acceptors (Lipinski definition) is 4. The summed E-state index contributed by atoms with van der Waals surface area (Å²) >= 11 is 0. The highest BCUT2D eigenvalue weighted by molar-refractivity contribution is 5.84. The maximum Gasteiger partial charge on any atom is 0.307 e. The minimum absolute atomic E-state index is 0.0477. The van der Waals surface area contributed by atoms with Crippen molar-refractivity contribution in [2.45, 2.75) is 20.3 Å². The van der Waals surface area contributed by atoms with Crippen molar-refractivity contribution >= 4 is 11.9 Å². The predicted molar refractivity (Wildman–Crippen MR) is 75.5 cm³/mol. The van der Waals surface area contributed by atoms with Gasteiger partial charge in [-0.25, -0.2) is 0 Å². The molecule has 1 aliphatic heterocycles. The van der Waals surface area contributed by atoms with Gasteiger partial charge in [-0.15, -0.1) is 0 Å². The highest BCUT2D eigenvalue weighted by Crippen LogP contribution is 2.16. The van der Waals surface area contributed by atoms with Crippen LogP contribution in [0.3, 0.4) is 0 Å². The highest BCUT2D eigenvalue weighted by atomic mass is 16.5. The van der Waals surface area contributed by atoms with Crippen molar-refractivity contribution in [3.05, 3.63) is 0 Å². The molecule has 0 radical (unpaired) electrons. The first-order chi connectivity index (χ1) is 9.47. The van der Waals surface area contributed by atoms with Gasteiger partial charge in [0.1, 0.15) is 0 Å². The Hall–Kier alpha value is -1.14. The molecule has 0 spiro atoms. The lowest BCUT2D eigenvalue weighted by Crippen LogP contribution is -2.41. The van der Waals surface area contributed by atoms with Crippen molar-refractivity contribution in [2.75, 3.05) is 46.4 Å². The van der Waals surface area contributed by atoms with Gasteiger partial charge in [-0.2, -0.15) is 0 Å². The minimum Gasteiger partial charge on any atom is -0.481 e. The zero-order valence-electron chi connectivity index (χ0n) is 12.7. The van der Waals surface area contributed by atoms with E-state index in [1.54, 1.807) is 25.9 Å². The Kier molecular flexibility index (Phi) is 6.95. The number of ether oxygens (including phenoxy) is 1. The van der Waals surface area contributed by atoms with Crippen LogP contribution in [-0.4, -0.2) is 73.2 Å². The second-order valence-corrected chi connectivity index (χ2v) is 5.43. The van der Waals surface area contributed by atoms with Gasteiger partial charge >= 0.3 is 5.97 Å². The lowest BCUT2D eigenvalue weighted by atomic mass is 9.94. The Balaban J connectivity index is 2.51. The fourth-order valence-electron chi connectivity index (χ4n) is 2.35. The zero-order chi connectivity index (χ0) is 15.1. The molecule has 1 amide bonds. The number of aliphatic carboxylic acids is 1. The quantitative estimate of drug-likeness (QED) is 0.771. The van der Waals surface area contributed by atoms with Crippen LogP contribution < -0.4 is 0 Å². The van der Waals surface area contributed by atoms with Crippen LogP contribution in [0.1, 0.15) is 20.3 Å². The van der Waals surface area contributed by atoms with Crippen LogP contribution in [0.4, 0.5) is 0 Å². The lowest BCUT2D eigenvalue weighted by Gasteiger charge is -2.26. The number of carboxylic acids is 1. The third-order valence-electron chi connectivity index (χ3n) is 4.04. The van der Waals surface area contributed by atoms with Gasteiger partial charge in [-0.3, -0.25) is 14.5 Å². The van der Waals surface area contributed by atoms with Gasteiger partial charge in [0.2, 0.25) is 5.91 Å². The van der Waals surface area contributed by atoms with Crippen LogP contribution in [0.15, 0.2) is 0 Å². The van der Waals surface area contributed by atoms with Crippen molar-refractivity contribution < 1.29 is 19.4 Å². The Morgan fingerprint density at radius 3 is 2.45 bits per heavy atom. The molecule has 0 saturated carbocycles. The summed E-state index contributed by atoms with van der Waals surface area (Å²) in [7, 11) is 1.68. The molecule has 0 aromatic carbocycles. The lowest BCUT2D eigenvalue weighted by molar-refractivity contribution is -0.149. The molecule has 116 valence electrons. The SMILES string of the molecule is COCCN1CCCN(C(=O)C(C)C(C)C(=O)O)CC1. The molecular weight excluding hydrogens is 260 g/mol. The summed E-state index contributed by atoms with van der Waals surface area (Å²) in [5, 5.41) is 9.00. The molecule has 2 atom stereocenters. The van der Waals surface area contributed by atoms with Crippen LogP contribution in [0.2, 0.25) is 0 Å². The molecule has 0 aromatic heterocycles. The van der Waals surface area contributed by atoms with Gasteiger partial charge in [-0.05, 0) is 13.0 Å². The van der Waals surface area contributed by atoms with Crippen LogP contribution in [0.5, 0.6) is 0 Å². The van der Waals surface area contributed by atoms with E-state index in [0.29, 0.717) is 19.7 Å². The number of rotatable bonds is 6. The molecule has 0 aliphatic carbocycles. The second kappa shape index (κ2) is 8.21. The normalized spacial score (nSPS) is 20.2. The summed E-state index contributed by atoms with van der Waals surface area (Å²) in [5.41, 5.74) is 0. The molecule has 1 heterocycles. The summed E-state index contributed by atoms with van der Waals surface area (Å²) in [6, 6.07) is 0. The average Bonchev–Trinajstić information content (AvgIpc) is 2.68. The fraction of sp³-hybridized carbons (Fsp3) is 0.857. The van der Waals surface area contributed by atoms with Crippen molar-refractivity contribution in [1.82, 2.24) is 9.80 Å². The van der Waals surface area contributed by atoms with Crippen molar-refractivity contribution in [2.24, 2.45) is 11.8 Å². The molecule has 1 saturated heterocycles. The smallest absolute Gasteiger partial charge is 0.307 e. The Bertz CT molecular complexity index is 335. The van der Waals surface area contributed by atoms with Crippen LogP contribution in [0.25, 0.3) is 0 Å². The van der Waals surface area contributed by atoms with Gasteiger partial charge < -0.3 is 14.7 Å². The van der Waals surface area contributed by atoms with E-state index in [1.165, 1.54) is 0 Å². The molecule has 1 fully saturated rings. The summed E-state index contributed by atoms with van der Waals surface area (Å²) in [4.78, 5) is 27.4. The van der Waals surface area contributed by atoms with E-state index >= 15 is 0 Å². The number of amides is 1.